The van der Waals surface area contributed by atoms with Gasteiger partial charge in [-0.25, -0.2) is 0 Å². The van der Waals surface area contributed by atoms with Crippen molar-refractivity contribution >= 4 is 5.78 Å². The minimum Gasteiger partial charge on any atom is -0.357 e. The number of hydrogen-bond acceptors (Lipinski definition) is 4. The summed E-state index contributed by atoms with van der Waals surface area (Å²) in [6.07, 6.45) is 3.17. The highest BCUT2D eigenvalue weighted by atomic mass is 16.3. The van der Waals surface area contributed by atoms with Crippen LogP contribution in [0.25, 0.3) is 0 Å². The molecule has 1 aliphatic rings. The maximum Gasteiger partial charge on any atom is 0.233 e. The van der Waals surface area contributed by atoms with E-state index in [9.17, 15) is 9.90 Å². The monoisotopic (exact) mass is 172 g/mol. The molecule has 1 fully saturated rings. The van der Waals surface area contributed by atoms with Gasteiger partial charge in [0, 0.05) is 20.0 Å². The van der Waals surface area contributed by atoms with Crippen LogP contribution in [0.15, 0.2) is 0 Å². The molecule has 0 amide bonds. The second-order valence-electron chi connectivity index (χ2n) is 3.33. The van der Waals surface area contributed by atoms with E-state index >= 15 is 0 Å². The molecule has 1 saturated heterocycles. The molecule has 1 aliphatic heterocycles. The summed E-state index contributed by atoms with van der Waals surface area (Å²) in [6, 6.07) is 0. The Labute approximate surface area is 72.3 Å². The van der Waals surface area contributed by atoms with Crippen LogP contribution in [0.4, 0.5) is 0 Å². The highest BCUT2D eigenvalue weighted by molar-refractivity contribution is 5.83. The van der Waals surface area contributed by atoms with E-state index in [1.165, 1.54) is 6.92 Å². The van der Waals surface area contributed by atoms with Crippen LogP contribution < -0.4 is 5.73 Å². The van der Waals surface area contributed by atoms with Crippen LogP contribution in [0.5, 0.6) is 0 Å². The van der Waals surface area contributed by atoms with Gasteiger partial charge in [0.2, 0.25) is 5.85 Å². The van der Waals surface area contributed by atoms with Crippen LogP contribution in [0.2, 0.25) is 0 Å². The van der Waals surface area contributed by atoms with E-state index in [0.717, 1.165) is 19.3 Å². The molecule has 0 aromatic carbocycles. The summed E-state index contributed by atoms with van der Waals surface area (Å²) in [5, 5.41) is 9.57. The number of rotatable bonds is 2. The summed E-state index contributed by atoms with van der Waals surface area (Å²) in [7, 11) is 0. The van der Waals surface area contributed by atoms with E-state index in [4.69, 9.17) is 5.73 Å². The number of aliphatic hydroxyl groups is 1. The maximum absolute atomic E-state index is 10.9. The fourth-order valence-electron chi connectivity index (χ4n) is 1.46. The van der Waals surface area contributed by atoms with Crippen molar-refractivity contribution in [1.82, 2.24) is 4.90 Å². The van der Waals surface area contributed by atoms with Crippen LogP contribution in [0.3, 0.4) is 0 Å². The van der Waals surface area contributed by atoms with Gasteiger partial charge < -0.3 is 5.11 Å². The van der Waals surface area contributed by atoms with E-state index in [1.54, 1.807) is 4.90 Å². The molecule has 1 rings (SSSR count). The molecule has 0 aliphatic carbocycles. The molecule has 0 radical (unpaired) electrons. The van der Waals surface area contributed by atoms with Gasteiger partial charge in [-0.2, -0.15) is 0 Å². The van der Waals surface area contributed by atoms with Crippen molar-refractivity contribution in [2.75, 3.05) is 13.1 Å². The highest BCUT2D eigenvalue weighted by Crippen LogP contribution is 2.15. The Kier molecular flexibility index (Phi) is 2.82. The number of likely N-dealkylation sites (tertiary alicyclic amines) is 1. The van der Waals surface area contributed by atoms with E-state index < -0.39 is 5.85 Å². The largest absolute Gasteiger partial charge is 0.357 e. The zero-order valence-corrected chi connectivity index (χ0v) is 7.42. The molecule has 0 saturated carbocycles. The van der Waals surface area contributed by atoms with Crippen molar-refractivity contribution in [3.63, 3.8) is 0 Å². The molecule has 0 bridgehead atoms. The molecule has 0 aromatic heterocycles. The molecular weight excluding hydrogens is 156 g/mol. The zero-order valence-electron chi connectivity index (χ0n) is 7.42. The molecule has 1 atom stereocenters. The molecular formula is C8H16N2O2. The second-order valence-corrected chi connectivity index (χ2v) is 3.33. The van der Waals surface area contributed by atoms with Gasteiger partial charge in [0.25, 0.3) is 0 Å². The van der Waals surface area contributed by atoms with Gasteiger partial charge in [-0.1, -0.05) is 6.42 Å². The van der Waals surface area contributed by atoms with Gasteiger partial charge in [0.15, 0.2) is 5.78 Å². The van der Waals surface area contributed by atoms with Crippen molar-refractivity contribution < 1.29 is 9.90 Å². The molecule has 1 unspecified atom stereocenters. The molecule has 12 heavy (non-hydrogen) atoms. The van der Waals surface area contributed by atoms with E-state index in [2.05, 4.69) is 0 Å². The maximum atomic E-state index is 10.9. The number of hydrogen-bond donors (Lipinski definition) is 2. The van der Waals surface area contributed by atoms with Crippen LogP contribution >= 0.6 is 0 Å². The molecule has 3 N–H and O–H groups in total. The fraction of sp³-hybridized carbons (Fsp3) is 0.875. The average molecular weight is 172 g/mol. The Morgan fingerprint density at radius 2 is 1.92 bits per heavy atom. The molecule has 4 nitrogen and oxygen atoms in total. The summed E-state index contributed by atoms with van der Waals surface area (Å²) >= 11 is 0. The zero-order chi connectivity index (χ0) is 9.19. The lowest BCUT2D eigenvalue weighted by atomic mass is 10.1. The van der Waals surface area contributed by atoms with Gasteiger partial charge in [-0.05, 0) is 12.8 Å². The summed E-state index contributed by atoms with van der Waals surface area (Å²) < 4.78 is 0. The normalized spacial score (nSPS) is 24.9. The molecule has 0 spiro atoms. The van der Waals surface area contributed by atoms with Gasteiger partial charge >= 0.3 is 0 Å². The molecule has 70 valence electrons. The third kappa shape index (κ3) is 1.83. The summed E-state index contributed by atoms with van der Waals surface area (Å²) in [5.41, 5.74) is 5.47. The second kappa shape index (κ2) is 3.51. The topological polar surface area (TPSA) is 66.6 Å². The number of Topliss-reactive ketones (excluding diaryl/α,β-unsaturated/α-hetero) is 1. The third-order valence-corrected chi connectivity index (χ3v) is 2.36. The number of nitrogens with zero attached hydrogens (tertiary/aromatic N) is 1. The summed E-state index contributed by atoms with van der Waals surface area (Å²) in [5.74, 6) is -2.12. The summed E-state index contributed by atoms with van der Waals surface area (Å²) in [4.78, 5) is 12.6. The van der Waals surface area contributed by atoms with E-state index in [0.29, 0.717) is 13.1 Å². The Balaban J connectivity index is 2.59. The number of piperidine rings is 1. The molecule has 4 heteroatoms. The first-order chi connectivity index (χ1) is 5.55. The van der Waals surface area contributed by atoms with Crippen LogP contribution in [0.1, 0.15) is 26.2 Å². The lowest BCUT2D eigenvalue weighted by Crippen LogP contribution is -2.62. The number of nitrogens with two attached hydrogens (primary N) is 1. The van der Waals surface area contributed by atoms with Gasteiger partial charge in [0.05, 0.1) is 0 Å². The predicted octanol–water partition coefficient (Wildman–Crippen LogP) is -0.334. The van der Waals surface area contributed by atoms with Gasteiger partial charge in [-0.15, -0.1) is 0 Å². The van der Waals surface area contributed by atoms with E-state index in [-0.39, 0.29) is 5.78 Å². The molecule has 1 heterocycles. The Bertz CT molecular complexity index is 174. The Morgan fingerprint density at radius 1 is 1.42 bits per heavy atom. The number of ketones is 1. The highest BCUT2D eigenvalue weighted by Gasteiger charge is 2.35. The number of carbonyl (C=O) groups excluding carboxylic acids is 1. The number of carbonyl (C=O) groups is 1. The first kappa shape index (κ1) is 9.64. The smallest absolute Gasteiger partial charge is 0.233 e. The average Bonchev–Trinajstić information content (AvgIpc) is 2.06. The van der Waals surface area contributed by atoms with Gasteiger partial charge in [0.1, 0.15) is 0 Å². The van der Waals surface area contributed by atoms with Crippen molar-refractivity contribution in [2.24, 2.45) is 5.73 Å². The first-order valence-electron chi connectivity index (χ1n) is 4.32. The Morgan fingerprint density at radius 3 is 2.33 bits per heavy atom. The minimum absolute atomic E-state index is 0.385. The lowest BCUT2D eigenvalue weighted by molar-refractivity contribution is -0.160. The third-order valence-electron chi connectivity index (χ3n) is 2.36. The predicted molar refractivity (Wildman–Crippen MR) is 45.2 cm³/mol. The van der Waals surface area contributed by atoms with Gasteiger partial charge in [-0.3, -0.25) is 15.4 Å². The van der Waals surface area contributed by atoms with Crippen molar-refractivity contribution in [3.8, 4) is 0 Å². The minimum atomic E-state index is -1.74. The quantitative estimate of drug-likeness (QED) is 0.559. The summed E-state index contributed by atoms with van der Waals surface area (Å²) in [6.45, 7) is 2.74. The van der Waals surface area contributed by atoms with Crippen molar-refractivity contribution in [2.45, 2.75) is 32.0 Å². The fourth-order valence-corrected chi connectivity index (χ4v) is 1.46. The Hall–Kier alpha value is -0.450. The van der Waals surface area contributed by atoms with Crippen LogP contribution in [-0.2, 0) is 4.79 Å². The standard InChI is InChI=1S/C8H16N2O2/c1-7(11)8(9,12)10-5-3-2-4-6-10/h12H,2-6,9H2,1H3. The SMILES string of the molecule is CC(=O)C(N)(O)N1CCCCC1. The van der Waals surface area contributed by atoms with Crippen LogP contribution in [-0.4, -0.2) is 34.7 Å². The first-order valence-corrected chi connectivity index (χ1v) is 4.32. The van der Waals surface area contributed by atoms with E-state index in [1.807, 2.05) is 0 Å². The molecule has 0 aromatic rings. The lowest BCUT2D eigenvalue weighted by Gasteiger charge is -2.36. The van der Waals surface area contributed by atoms with Crippen molar-refractivity contribution in [3.05, 3.63) is 0 Å². The van der Waals surface area contributed by atoms with Crippen LogP contribution in [0, 0.1) is 0 Å². The van der Waals surface area contributed by atoms with Crippen molar-refractivity contribution in [1.29, 1.82) is 0 Å².